The summed E-state index contributed by atoms with van der Waals surface area (Å²) < 4.78 is 6.10. The van der Waals surface area contributed by atoms with Crippen molar-refractivity contribution in [2.24, 2.45) is 0 Å². The van der Waals surface area contributed by atoms with Crippen LogP contribution in [0.4, 0.5) is 11.4 Å². The Labute approximate surface area is 215 Å². The number of anilines is 2. The number of Topliss-reactive ketones (excluding diaryl/α,β-unsaturated/α-hetero) is 1. The first kappa shape index (κ1) is 22.4. The van der Waals surface area contributed by atoms with Crippen LogP contribution >= 0.6 is 11.6 Å². The summed E-state index contributed by atoms with van der Waals surface area (Å²) in [6.07, 6.45) is 1.20. The van der Waals surface area contributed by atoms with E-state index in [2.05, 4.69) is 10.6 Å². The third-order valence-corrected chi connectivity index (χ3v) is 7.07. The van der Waals surface area contributed by atoms with E-state index in [4.69, 9.17) is 16.3 Å². The number of rotatable bonds is 4. The fraction of sp³-hybridized carbons (Fsp3) is 0.129. The van der Waals surface area contributed by atoms with Gasteiger partial charge in [-0.1, -0.05) is 66.2 Å². The summed E-state index contributed by atoms with van der Waals surface area (Å²) in [5.41, 5.74) is 5.78. The zero-order valence-electron chi connectivity index (χ0n) is 19.6. The maximum Gasteiger partial charge on any atom is 0.163 e. The van der Waals surface area contributed by atoms with Crippen LogP contribution in [0.5, 0.6) is 11.5 Å². The van der Waals surface area contributed by atoms with Crippen LogP contribution in [0.2, 0.25) is 5.02 Å². The number of hydrogen-bond acceptors (Lipinski definition) is 4. The van der Waals surface area contributed by atoms with Gasteiger partial charge in [-0.25, -0.2) is 0 Å². The van der Waals surface area contributed by atoms with E-state index in [9.17, 15) is 4.79 Å². The third-order valence-electron chi connectivity index (χ3n) is 6.82. The first-order chi connectivity index (χ1) is 17.6. The number of ketones is 1. The number of fused-ring (bicyclic) bond motifs is 1. The molecule has 4 aromatic carbocycles. The van der Waals surface area contributed by atoms with Gasteiger partial charge >= 0.3 is 0 Å². The summed E-state index contributed by atoms with van der Waals surface area (Å²) in [7, 11) is 0. The van der Waals surface area contributed by atoms with Crippen molar-refractivity contribution >= 4 is 28.8 Å². The third kappa shape index (κ3) is 4.48. The van der Waals surface area contributed by atoms with Crippen LogP contribution in [-0.4, -0.2) is 5.78 Å². The molecule has 2 unspecified atom stereocenters. The van der Waals surface area contributed by atoms with Gasteiger partial charge in [-0.2, -0.15) is 0 Å². The van der Waals surface area contributed by atoms with E-state index in [0.29, 0.717) is 11.4 Å². The number of benzene rings is 4. The van der Waals surface area contributed by atoms with Gasteiger partial charge in [0.1, 0.15) is 11.5 Å². The van der Waals surface area contributed by atoms with E-state index in [1.807, 2.05) is 103 Å². The summed E-state index contributed by atoms with van der Waals surface area (Å²) in [6.45, 7) is 0. The molecular weight excluding hydrogens is 468 g/mol. The molecule has 4 nitrogen and oxygen atoms in total. The van der Waals surface area contributed by atoms with Gasteiger partial charge in [0.15, 0.2) is 5.78 Å². The smallest absolute Gasteiger partial charge is 0.163 e. The first-order valence-corrected chi connectivity index (χ1v) is 12.5. The van der Waals surface area contributed by atoms with Gasteiger partial charge in [0.25, 0.3) is 0 Å². The Hall–Kier alpha value is -4.02. The number of hydrogen-bond donors (Lipinski definition) is 2. The number of allylic oxidation sites excluding steroid dienone is 1. The average Bonchev–Trinajstić information content (AvgIpc) is 3.07. The topological polar surface area (TPSA) is 50.4 Å². The molecule has 5 heteroatoms. The maximum absolute atomic E-state index is 13.7. The van der Waals surface area contributed by atoms with Gasteiger partial charge in [0, 0.05) is 22.7 Å². The molecule has 1 heterocycles. The highest BCUT2D eigenvalue weighted by molar-refractivity contribution is 6.30. The van der Waals surface area contributed by atoms with Crippen molar-refractivity contribution in [2.75, 3.05) is 10.6 Å². The zero-order chi connectivity index (χ0) is 24.5. The van der Waals surface area contributed by atoms with Gasteiger partial charge in [-0.15, -0.1) is 0 Å². The predicted molar refractivity (Wildman–Crippen MR) is 145 cm³/mol. The van der Waals surface area contributed by atoms with Gasteiger partial charge in [0.2, 0.25) is 0 Å². The number of carbonyl (C=O) groups excluding carboxylic acids is 1. The number of para-hydroxylation sites is 3. The predicted octanol–water partition coefficient (Wildman–Crippen LogP) is 8.11. The number of halogens is 1. The molecule has 0 bridgehead atoms. The molecule has 2 N–H and O–H groups in total. The van der Waals surface area contributed by atoms with Crippen LogP contribution in [0.1, 0.15) is 35.9 Å². The lowest BCUT2D eigenvalue weighted by Gasteiger charge is -2.30. The van der Waals surface area contributed by atoms with Crippen molar-refractivity contribution in [1.82, 2.24) is 0 Å². The number of ether oxygens (including phenoxy) is 1. The Morgan fingerprint density at radius 1 is 0.722 bits per heavy atom. The molecule has 0 saturated heterocycles. The molecule has 6 rings (SSSR count). The highest BCUT2D eigenvalue weighted by atomic mass is 35.5. The van der Waals surface area contributed by atoms with Crippen LogP contribution in [0.15, 0.2) is 114 Å². The van der Waals surface area contributed by atoms with Crippen molar-refractivity contribution in [3.63, 3.8) is 0 Å². The minimum absolute atomic E-state index is 0.0969. The Kier molecular flexibility index (Phi) is 5.96. The second-order valence-corrected chi connectivity index (χ2v) is 9.64. The largest absolute Gasteiger partial charge is 0.457 e. The van der Waals surface area contributed by atoms with Gasteiger partial charge < -0.3 is 15.4 Å². The van der Waals surface area contributed by atoms with Crippen LogP contribution < -0.4 is 15.4 Å². The molecule has 2 aliphatic rings. The molecular formula is C31H25ClN2O2. The average molecular weight is 493 g/mol. The highest BCUT2D eigenvalue weighted by Crippen LogP contribution is 2.44. The lowest BCUT2D eigenvalue weighted by Crippen LogP contribution is -2.26. The molecule has 0 saturated carbocycles. The monoisotopic (exact) mass is 492 g/mol. The SMILES string of the molecule is O=C1CC(c2ccc(Cl)cc2)CC2=C1C(c1cccc(Oc3ccccc3)c1)Nc1ccccc1N2. The fourth-order valence-electron chi connectivity index (χ4n) is 5.10. The number of nitrogens with one attached hydrogen (secondary N) is 2. The minimum Gasteiger partial charge on any atom is -0.457 e. The van der Waals surface area contributed by atoms with E-state index in [-0.39, 0.29) is 17.7 Å². The van der Waals surface area contributed by atoms with Gasteiger partial charge in [-0.05, 0) is 72.0 Å². The zero-order valence-corrected chi connectivity index (χ0v) is 20.3. The lowest BCUT2D eigenvalue weighted by atomic mass is 9.78. The van der Waals surface area contributed by atoms with E-state index < -0.39 is 0 Å². The molecule has 0 spiro atoms. The molecule has 0 radical (unpaired) electrons. The standard InChI is InChI=1S/C31H25ClN2O2/c32-23-15-13-20(14-16-23)22-18-28-30(29(35)19-22)31(34-27-12-5-4-11-26(27)33-28)21-7-6-10-25(17-21)36-24-8-2-1-3-9-24/h1-17,22,31,33-34H,18-19H2. The summed E-state index contributed by atoms with van der Waals surface area (Å²) in [4.78, 5) is 13.7. The Morgan fingerprint density at radius 2 is 1.44 bits per heavy atom. The molecule has 36 heavy (non-hydrogen) atoms. The lowest BCUT2D eigenvalue weighted by molar-refractivity contribution is -0.116. The van der Waals surface area contributed by atoms with Crippen molar-refractivity contribution < 1.29 is 9.53 Å². The molecule has 2 atom stereocenters. The Bertz CT molecular complexity index is 1450. The summed E-state index contributed by atoms with van der Waals surface area (Å²) in [6, 6.07) is 33.3. The Morgan fingerprint density at radius 3 is 2.25 bits per heavy atom. The van der Waals surface area contributed by atoms with Crippen molar-refractivity contribution in [1.29, 1.82) is 0 Å². The van der Waals surface area contributed by atoms with Crippen LogP contribution in [-0.2, 0) is 4.79 Å². The molecule has 0 aromatic heterocycles. The minimum atomic E-state index is -0.297. The van der Waals surface area contributed by atoms with E-state index in [1.165, 1.54) is 0 Å². The van der Waals surface area contributed by atoms with Crippen molar-refractivity contribution in [3.8, 4) is 11.5 Å². The fourth-order valence-corrected chi connectivity index (χ4v) is 5.22. The molecule has 0 fully saturated rings. The van der Waals surface area contributed by atoms with Gasteiger partial charge in [0.05, 0.1) is 17.4 Å². The second-order valence-electron chi connectivity index (χ2n) is 9.21. The second kappa shape index (κ2) is 9.56. The van der Waals surface area contributed by atoms with E-state index in [1.54, 1.807) is 0 Å². The van der Waals surface area contributed by atoms with E-state index in [0.717, 1.165) is 51.7 Å². The van der Waals surface area contributed by atoms with Crippen molar-refractivity contribution in [2.45, 2.75) is 24.8 Å². The van der Waals surface area contributed by atoms with E-state index >= 15 is 0 Å². The molecule has 0 amide bonds. The van der Waals surface area contributed by atoms with Crippen LogP contribution in [0.3, 0.4) is 0 Å². The summed E-state index contributed by atoms with van der Waals surface area (Å²) in [5.74, 6) is 1.74. The number of carbonyl (C=O) groups is 1. The quantitative estimate of drug-likeness (QED) is 0.302. The molecule has 178 valence electrons. The van der Waals surface area contributed by atoms with Crippen LogP contribution in [0, 0.1) is 0 Å². The molecule has 1 aliphatic carbocycles. The Balaban J connectivity index is 1.40. The van der Waals surface area contributed by atoms with Crippen LogP contribution in [0.25, 0.3) is 0 Å². The maximum atomic E-state index is 13.7. The van der Waals surface area contributed by atoms with Crippen molar-refractivity contribution in [3.05, 3.63) is 131 Å². The highest BCUT2D eigenvalue weighted by Gasteiger charge is 2.36. The summed E-state index contributed by atoms with van der Waals surface area (Å²) >= 11 is 6.11. The van der Waals surface area contributed by atoms with Gasteiger partial charge in [-0.3, -0.25) is 4.79 Å². The molecule has 4 aromatic rings. The normalized spacial score (nSPS) is 18.9. The molecule has 1 aliphatic heterocycles. The summed E-state index contributed by atoms with van der Waals surface area (Å²) in [5, 5.41) is 7.94. The first-order valence-electron chi connectivity index (χ1n) is 12.1.